The number of pyridine rings is 1. The average molecular weight is 225 g/mol. The molecular formula is C14H11NO2. The topological polar surface area (TPSA) is 46.3 Å². The lowest BCUT2D eigenvalue weighted by molar-refractivity contribution is 0.190. The molecule has 0 aliphatic carbocycles. The van der Waals surface area contributed by atoms with Gasteiger partial charge in [-0.25, -0.2) is 0 Å². The molecule has 3 nitrogen and oxygen atoms in total. The van der Waals surface area contributed by atoms with Gasteiger partial charge in [-0.15, -0.1) is 0 Å². The van der Waals surface area contributed by atoms with Gasteiger partial charge in [-0.3, -0.25) is 4.98 Å². The van der Waals surface area contributed by atoms with Crippen LogP contribution in [-0.4, -0.2) is 10.1 Å². The van der Waals surface area contributed by atoms with Crippen molar-refractivity contribution in [2.45, 2.75) is 6.10 Å². The lowest BCUT2D eigenvalue weighted by Crippen LogP contribution is -1.99. The maximum atomic E-state index is 10.2. The molecule has 1 atom stereocenters. The number of para-hydroxylation sites is 1. The molecule has 0 radical (unpaired) electrons. The van der Waals surface area contributed by atoms with Crippen molar-refractivity contribution in [3.05, 3.63) is 66.2 Å². The maximum Gasteiger partial charge on any atom is 0.139 e. The van der Waals surface area contributed by atoms with Gasteiger partial charge in [0.1, 0.15) is 11.9 Å². The van der Waals surface area contributed by atoms with Crippen LogP contribution in [0.1, 0.15) is 17.4 Å². The molecule has 3 aromatic rings. The Bertz CT molecular complexity index is 626. The molecule has 3 rings (SSSR count). The van der Waals surface area contributed by atoms with Crippen molar-refractivity contribution >= 4 is 10.9 Å². The molecule has 0 amide bonds. The predicted molar refractivity (Wildman–Crippen MR) is 64.5 cm³/mol. The number of furan rings is 1. The molecule has 1 N–H and O–H groups in total. The second-order valence-electron chi connectivity index (χ2n) is 3.84. The van der Waals surface area contributed by atoms with E-state index >= 15 is 0 Å². The molecule has 0 spiro atoms. The van der Waals surface area contributed by atoms with Crippen molar-refractivity contribution in [1.29, 1.82) is 0 Å². The first-order valence-corrected chi connectivity index (χ1v) is 5.41. The Balaban J connectivity index is 2.17. The van der Waals surface area contributed by atoms with Gasteiger partial charge in [0.15, 0.2) is 0 Å². The predicted octanol–water partition coefficient (Wildman–Crippen LogP) is 2.91. The summed E-state index contributed by atoms with van der Waals surface area (Å²) < 4.78 is 5.22. The molecule has 2 heterocycles. The van der Waals surface area contributed by atoms with Gasteiger partial charge in [-0.05, 0) is 18.2 Å². The number of aromatic nitrogens is 1. The third-order valence-electron chi connectivity index (χ3n) is 2.77. The molecule has 0 saturated heterocycles. The van der Waals surface area contributed by atoms with E-state index in [1.165, 1.54) is 0 Å². The Hall–Kier alpha value is -2.13. The first kappa shape index (κ1) is 10.1. The average Bonchev–Trinajstić information content (AvgIpc) is 2.91. The van der Waals surface area contributed by atoms with E-state index in [2.05, 4.69) is 4.98 Å². The van der Waals surface area contributed by atoms with Gasteiger partial charge < -0.3 is 9.52 Å². The number of fused-ring (bicyclic) bond motifs is 1. The van der Waals surface area contributed by atoms with Crippen molar-refractivity contribution in [2.24, 2.45) is 0 Å². The Kier molecular flexibility index (Phi) is 2.38. The molecule has 0 saturated carbocycles. The summed E-state index contributed by atoms with van der Waals surface area (Å²) in [4.78, 5) is 4.31. The zero-order valence-electron chi connectivity index (χ0n) is 9.08. The third kappa shape index (κ3) is 1.70. The largest absolute Gasteiger partial charge is 0.466 e. The summed E-state index contributed by atoms with van der Waals surface area (Å²) in [6, 6.07) is 13.1. The Morgan fingerprint density at radius 3 is 2.76 bits per heavy atom. The molecule has 3 heteroatoms. The quantitative estimate of drug-likeness (QED) is 0.729. The van der Waals surface area contributed by atoms with Gasteiger partial charge in [0, 0.05) is 17.1 Å². The van der Waals surface area contributed by atoms with Crippen LogP contribution in [0.5, 0.6) is 0 Å². The molecule has 0 aliphatic heterocycles. The second-order valence-corrected chi connectivity index (χ2v) is 3.84. The standard InChI is InChI=1S/C14H11NO2/c16-14(12-7-3-9-17-12)11-6-1-4-10-5-2-8-15-13(10)11/h1-9,14,16H. The summed E-state index contributed by atoms with van der Waals surface area (Å²) in [7, 11) is 0. The molecular weight excluding hydrogens is 214 g/mol. The van der Waals surface area contributed by atoms with Crippen LogP contribution in [-0.2, 0) is 0 Å². The van der Waals surface area contributed by atoms with Crippen molar-refractivity contribution < 1.29 is 9.52 Å². The van der Waals surface area contributed by atoms with Crippen molar-refractivity contribution in [1.82, 2.24) is 4.98 Å². The monoisotopic (exact) mass is 225 g/mol. The summed E-state index contributed by atoms with van der Waals surface area (Å²) in [6.07, 6.45) is 2.50. The zero-order chi connectivity index (χ0) is 11.7. The van der Waals surface area contributed by atoms with E-state index in [1.54, 1.807) is 24.6 Å². The molecule has 1 aromatic carbocycles. The fraction of sp³-hybridized carbons (Fsp3) is 0.0714. The lowest BCUT2D eigenvalue weighted by Gasteiger charge is -2.10. The van der Waals surface area contributed by atoms with E-state index < -0.39 is 6.10 Å². The first-order chi connectivity index (χ1) is 8.36. The van der Waals surface area contributed by atoms with Gasteiger partial charge in [0.2, 0.25) is 0 Å². The fourth-order valence-corrected chi connectivity index (χ4v) is 1.95. The van der Waals surface area contributed by atoms with Gasteiger partial charge in [-0.1, -0.05) is 24.3 Å². The van der Waals surface area contributed by atoms with Crippen LogP contribution in [0.4, 0.5) is 0 Å². The van der Waals surface area contributed by atoms with Crippen LogP contribution in [0.25, 0.3) is 10.9 Å². The van der Waals surface area contributed by atoms with Crippen molar-refractivity contribution in [3.8, 4) is 0 Å². The highest BCUT2D eigenvalue weighted by atomic mass is 16.4. The summed E-state index contributed by atoms with van der Waals surface area (Å²) in [5, 5.41) is 11.3. The molecule has 2 aromatic heterocycles. The summed E-state index contributed by atoms with van der Waals surface area (Å²) in [5.74, 6) is 0.531. The third-order valence-corrected chi connectivity index (χ3v) is 2.77. The Morgan fingerprint density at radius 2 is 1.94 bits per heavy atom. The molecule has 0 aliphatic rings. The smallest absolute Gasteiger partial charge is 0.139 e. The van der Waals surface area contributed by atoms with E-state index in [9.17, 15) is 5.11 Å². The summed E-state index contributed by atoms with van der Waals surface area (Å²) in [6.45, 7) is 0. The summed E-state index contributed by atoms with van der Waals surface area (Å²) in [5.41, 5.74) is 1.57. The minimum Gasteiger partial charge on any atom is -0.466 e. The van der Waals surface area contributed by atoms with E-state index in [0.29, 0.717) is 5.76 Å². The lowest BCUT2D eigenvalue weighted by atomic mass is 10.0. The normalized spacial score (nSPS) is 12.8. The molecule has 84 valence electrons. The number of aliphatic hydroxyl groups is 1. The van der Waals surface area contributed by atoms with Crippen LogP contribution in [0.15, 0.2) is 59.3 Å². The van der Waals surface area contributed by atoms with Crippen LogP contribution >= 0.6 is 0 Å². The fourth-order valence-electron chi connectivity index (χ4n) is 1.95. The Labute approximate surface area is 98.3 Å². The number of hydrogen-bond acceptors (Lipinski definition) is 3. The number of hydrogen-bond donors (Lipinski definition) is 1. The van der Waals surface area contributed by atoms with E-state index in [1.807, 2.05) is 30.3 Å². The van der Waals surface area contributed by atoms with Crippen LogP contribution in [0, 0.1) is 0 Å². The first-order valence-electron chi connectivity index (χ1n) is 5.41. The van der Waals surface area contributed by atoms with Crippen molar-refractivity contribution in [3.63, 3.8) is 0 Å². The van der Waals surface area contributed by atoms with Crippen LogP contribution in [0.2, 0.25) is 0 Å². The zero-order valence-corrected chi connectivity index (χ0v) is 9.08. The highest BCUT2D eigenvalue weighted by Gasteiger charge is 2.16. The van der Waals surface area contributed by atoms with Gasteiger partial charge in [0.05, 0.1) is 11.8 Å². The molecule has 0 bridgehead atoms. The number of aliphatic hydroxyl groups excluding tert-OH is 1. The van der Waals surface area contributed by atoms with Gasteiger partial charge in [-0.2, -0.15) is 0 Å². The Morgan fingerprint density at radius 1 is 1.06 bits per heavy atom. The minimum atomic E-state index is -0.774. The van der Waals surface area contributed by atoms with Crippen LogP contribution in [0.3, 0.4) is 0 Å². The number of benzene rings is 1. The van der Waals surface area contributed by atoms with Gasteiger partial charge in [0.25, 0.3) is 0 Å². The van der Waals surface area contributed by atoms with E-state index in [-0.39, 0.29) is 0 Å². The van der Waals surface area contributed by atoms with Crippen molar-refractivity contribution in [2.75, 3.05) is 0 Å². The van der Waals surface area contributed by atoms with E-state index in [0.717, 1.165) is 16.5 Å². The maximum absolute atomic E-state index is 10.2. The minimum absolute atomic E-state index is 0.531. The second kappa shape index (κ2) is 4.03. The molecule has 17 heavy (non-hydrogen) atoms. The summed E-state index contributed by atoms with van der Waals surface area (Å²) >= 11 is 0. The number of nitrogens with zero attached hydrogens (tertiary/aromatic N) is 1. The highest BCUT2D eigenvalue weighted by molar-refractivity contribution is 5.82. The van der Waals surface area contributed by atoms with Crippen LogP contribution < -0.4 is 0 Å². The van der Waals surface area contributed by atoms with Gasteiger partial charge >= 0.3 is 0 Å². The highest BCUT2D eigenvalue weighted by Crippen LogP contribution is 2.27. The number of rotatable bonds is 2. The SMILES string of the molecule is OC(c1ccco1)c1cccc2cccnc12. The van der Waals surface area contributed by atoms with E-state index in [4.69, 9.17) is 4.42 Å². The molecule has 1 unspecified atom stereocenters. The molecule has 0 fully saturated rings.